The molecular formula is C16H26BrNS. The molecule has 0 fully saturated rings. The summed E-state index contributed by atoms with van der Waals surface area (Å²) >= 11 is 5.54. The van der Waals surface area contributed by atoms with E-state index in [1.165, 1.54) is 23.5 Å². The highest BCUT2D eigenvalue weighted by molar-refractivity contribution is 9.10. The maximum atomic E-state index is 3.64. The Morgan fingerprint density at radius 1 is 1.21 bits per heavy atom. The van der Waals surface area contributed by atoms with E-state index in [4.69, 9.17) is 0 Å². The topological polar surface area (TPSA) is 12.0 Å². The summed E-state index contributed by atoms with van der Waals surface area (Å²) in [5.41, 5.74) is 1.63. The van der Waals surface area contributed by atoms with Crippen LogP contribution >= 0.6 is 27.7 Å². The van der Waals surface area contributed by atoms with Gasteiger partial charge in [-0.25, -0.2) is 0 Å². The predicted molar refractivity (Wildman–Crippen MR) is 92.3 cm³/mol. The van der Waals surface area contributed by atoms with Gasteiger partial charge in [-0.1, -0.05) is 35.0 Å². The van der Waals surface area contributed by atoms with E-state index in [0.717, 1.165) is 11.0 Å². The lowest BCUT2D eigenvalue weighted by atomic mass is 9.95. The fourth-order valence-corrected chi connectivity index (χ4v) is 2.93. The first kappa shape index (κ1) is 17.1. The minimum Gasteiger partial charge on any atom is -0.311 e. The van der Waals surface area contributed by atoms with Crippen molar-refractivity contribution in [2.24, 2.45) is 0 Å². The molecule has 0 aliphatic rings. The zero-order valence-corrected chi connectivity index (χ0v) is 14.9. The van der Waals surface area contributed by atoms with E-state index in [1.54, 1.807) is 0 Å². The lowest BCUT2D eigenvalue weighted by molar-refractivity contribution is 0.403. The standard InChI is InChI=1S/C16H26BrNS/c1-5-19-11-10-14(12-18-16(2,3)4)13-6-8-15(17)9-7-13/h6-9,14,18H,5,10-12H2,1-4H3. The van der Waals surface area contributed by atoms with Gasteiger partial charge in [-0.15, -0.1) is 0 Å². The second-order valence-electron chi connectivity index (χ2n) is 5.86. The van der Waals surface area contributed by atoms with Crippen LogP contribution in [0.1, 0.15) is 45.6 Å². The Bertz CT molecular complexity index is 356. The zero-order chi connectivity index (χ0) is 14.3. The SMILES string of the molecule is CCSCCC(CNC(C)(C)C)c1ccc(Br)cc1. The molecule has 3 heteroatoms. The number of thioether (sulfide) groups is 1. The van der Waals surface area contributed by atoms with Crippen LogP contribution in [0.25, 0.3) is 0 Å². The van der Waals surface area contributed by atoms with Crippen LogP contribution in [-0.2, 0) is 0 Å². The van der Waals surface area contributed by atoms with Gasteiger partial charge in [0.05, 0.1) is 0 Å². The normalized spacial score (nSPS) is 13.5. The van der Waals surface area contributed by atoms with Crippen molar-refractivity contribution in [2.75, 3.05) is 18.1 Å². The first-order valence-corrected chi connectivity index (χ1v) is 8.95. The summed E-state index contributed by atoms with van der Waals surface area (Å²) in [7, 11) is 0. The Hall–Kier alpha value is 0.01000. The summed E-state index contributed by atoms with van der Waals surface area (Å²) in [6, 6.07) is 8.78. The second-order valence-corrected chi connectivity index (χ2v) is 8.17. The van der Waals surface area contributed by atoms with E-state index in [-0.39, 0.29) is 5.54 Å². The molecule has 1 N–H and O–H groups in total. The van der Waals surface area contributed by atoms with Crippen LogP contribution in [0.5, 0.6) is 0 Å². The van der Waals surface area contributed by atoms with Gasteiger partial charge in [0.2, 0.25) is 0 Å². The van der Waals surface area contributed by atoms with Gasteiger partial charge < -0.3 is 5.32 Å². The van der Waals surface area contributed by atoms with Crippen molar-refractivity contribution in [1.29, 1.82) is 0 Å². The largest absolute Gasteiger partial charge is 0.311 e. The van der Waals surface area contributed by atoms with Gasteiger partial charge in [-0.05, 0) is 62.3 Å². The summed E-state index contributed by atoms with van der Waals surface area (Å²) in [6.07, 6.45) is 1.24. The Morgan fingerprint density at radius 2 is 1.84 bits per heavy atom. The molecule has 1 rings (SSSR count). The third kappa shape index (κ3) is 7.38. The highest BCUT2D eigenvalue weighted by Crippen LogP contribution is 2.23. The molecule has 0 saturated heterocycles. The van der Waals surface area contributed by atoms with Crippen molar-refractivity contribution in [3.05, 3.63) is 34.3 Å². The molecule has 0 amide bonds. The molecular weight excluding hydrogens is 318 g/mol. The second kappa shape index (κ2) is 8.33. The van der Waals surface area contributed by atoms with Crippen molar-refractivity contribution in [3.63, 3.8) is 0 Å². The van der Waals surface area contributed by atoms with Gasteiger partial charge >= 0.3 is 0 Å². The van der Waals surface area contributed by atoms with Crippen LogP contribution in [0.4, 0.5) is 0 Å². The Balaban J connectivity index is 2.65. The van der Waals surface area contributed by atoms with Gasteiger partial charge in [0, 0.05) is 16.6 Å². The fourth-order valence-electron chi connectivity index (χ4n) is 1.92. The molecule has 1 unspecified atom stereocenters. The Morgan fingerprint density at radius 3 is 2.37 bits per heavy atom. The van der Waals surface area contributed by atoms with E-state index in [1.807, 2.05) is 11.8 Å². The highest BCUT2D eigenvalue weighted by Gasteiger charge is 2.15. The lowest BCUT2D eigenvalue weighted by Crippen LogP contribution is -2.38. The Labute approximate surface area is 131 Å². The van der Waals surface area contributed by atoms with Crippen LogP contribution in [-0.4, -0.2) is 23.6 Å². The molecule has 0 aliphatic heterocycles. The summed E-state index contributed by atoms with van der Waals surface area (Å²) in [5, 5.41) is 3.64. The van der Waals surface area contributed by atoms with Crippen LogP contribution in [0, 0.1) is 0 Å². The van der Waals surface area contributed by atoms with Gasteiger partial charge in [0.25, 0.3) is 0 Å². The summed E-state index contributed by atoms with van der Waals surface area (Å²) in [5.74, 6) is 3.05. The quantitative estimate of drug-likeness (QED) is 0.694. The third-order valence-corrected chi connectivity index (χ3v) is 4.50. The van der Waals surface area contributed by atoms with Gasteiger partial charge in [0.15, 0.2) is 0 Å². The van der Waals surface area contributed by atoms with Gasteiger partial charge in [0.1, 0.15) is 0 Å². The smallest absolute Gasteiger partial charge is 0.0175 e. The molecule has 0 saturated carbocycles. The molecule has 0 bridgehead atoms. The number of rotatable bonds is 7. The average molecular weight is 344 g/mol. The number of hydrogen-bond acceptors (Lipinski definition) is 2. The van der Waals surface area contributed by atoms with Crippen molar-refractivity contribution >= 4 is 27.7 Å². The van der Waals surface area contributed by atoms with Crippen molar-refractivity contribution < 1.29 is 0 Å². The number of nitrogens with one attached hydrogen (secondary N) is 1. The molecule has 0 spiro atoms. The molecule has 1 atom stereocenters. The molecule has 108 valence electrons. The highest BCUT2D eigenvalue weighted by atomic mass is 79.9. The van der Waals surface area contributed by atoms with E-state index < -0.39 is 0 Å². The summed E-state index contributed by atoms with van der Waals surface area (Å²) in [6.45, 7) is 9.97. The Kier molecular flexibility index (Phi) is 7.48. The molecule has 19 heavy (non-hydrogen) atoms. The van der Waals surface area contributed by atoms with Crippen LogP contribution in [0.15, 0.2) is 28.7 Å². The van der Waals surface area contributed by atoms with Crippen molar-refractivity contribution in [2.45, 2.75) is 45.6 Å². The van der Waals surface area contributed by atoms with Crippen LogP contribution < -0.4 is 5.32 Å². The monoisotopic (exact) mass is 343 g/mol. The molecule has 0 heterocycles. The minimum absolute atomic E-state index is 0.186. The maximum absolute atomic E-state index is 3.64. The molecule has 1 aromatic rings. The summed E-state index contributed by atoms with van der Waals surface area (Å²) in [4.78, 5) is 0. The maximum Gasteiger partial charge on any atom is 0.0175 e. The average Bonchev–Trinajstić information content (AvgIpc) is 2.34. The van der Waals surface area contributed by atoms with E-state index in [9.17, 15) is 0 Å². The first-order chi connectivity index (χ1) is 8.92. The molecule has 1 aromatic carbocycles. The molecule has 0 radical (unpaired) electrons. The van der Waals surface area contributed by atoms with Crippen molar-refractivity contribution in [1.82, 2.24) is 5.32 Å². The summed E-state index contributed by atoms with van der Waals surface area (Å²) < 4.78 is 1.15. The van der Waals surface area contributed by atoms with Crippen LogP contribution in [0.3, 0.4) is 0 Å². The minimum atomic E-state index is 0.186. The van der Waals surface area contributed by atoms with Gasteiger partial charge in [-0.3, -0.25) is 0 Å². The molecule has 1 nitrogen and oxygen atoms in total. The van der Waals surface area contributed by atoms with E-state index in [2.05, 4.69) is 73.2 Å². The van der Waals surface area contributed by atoms with E-state index >= 15 is 0 Å². The van der Waals surface area contributed by atoms with Crippen molar-refractivity contribution in [3.8, 4) is 0 Å². The third-order valence-electron chi connectivity index (χ3n) is 3.03. The zero-order valence-electron chi connectivity index (χ0n) is 12.5. The lowest BCUT2D eigenvalue weighted by Gasteiger charge is -2.25. The fraction of sp³-hybridized carbons (Fsp3) is 0.625. The first-order valence-electron chi connectivity index (χ1n) is 7.00. The number of halogens is 1. The molecule has 0 aliphatic carbocycles. The van der Waals surface area contributed by atoms with E-state index in [0.29, 0.717) is 5.92 Å². The predicted octanol–water partition coefficient (Wildman–Crippen LogP) is 5.06. The van der Waals surface area contributed by atoms with Crippen LogP contribution in [0.2, 0.25) is 0 Å². The number of hydrogen-bond donors (Lipinski definition) is 1. The number of benzene rings is 1. The van der Waals surface area contributed by atoms with Gasteiger partial charge in [-0.2, -0.15) is 11.8 Å². The molecule has 0 aromatic heterocycles.